The van der Waals surface area contributed by atoms with Gasteiger partial charge in [0.1, 0.15) is 6.04 Å². The van der Waals surface area contributed by atoms with Crippen LogP contribution in [-0.4, -0.2) is 28.2 Å². The van der Waals surface area contributed by atoms with Crippen molar-refractivity contribution in [1.82, 2.24) is 5.32 Å². The highest BCUT2D eigenvalue weighted by Crippen LogP contribution is 2.09. The number of amides is 1. The molecule has 0 bridgehead atoms. The van der Waals surface area contributed by atoms with Gasteiger partial charge in [0.15, 0.2) is 0 Å². The number of carbonyl (C=O) groups excluding carboxylic acids is 1. The van der Waals surface area contributed by atoms with Crippen molar-refractivity contribution >= 4 is 16.7 Å². The van der Waals surface area contributed by atoms with E-state index in [1.807, 2.05) is 37.3 Å². The van der Waals surface area contributed by atoms with E-state index in [2.05, 4.69) is 5.32 Å². The minimum Gasteiger partial charge on any atom is -0.354 e. The molecule has 4 nitrogen and oxygen atoms in total. The standard InChI is InChI=1S/C13H20N2O2S/c1-10(18(2)17)8-9-15-13(16)12(14)11-6-4-3-5-7-11/h3-7,10,12H,8-9,14H2,1-2H3,(H,15,16)/t10?,12-,18?/m1/s1. The van der Waals surface area contributed by atoms with Gasteiger partial charge in [0.25, 0.3) is 0 Å². The zero-order chi connectivity index (χ0) is 13.5. The summed E-state index contributed by atoms with van der Waals surface area (Å²) in [5, 5.41) is 2.85. The number of benzene rings is 1. The molecular weight excluding hydrogens is 248 g/mol. The van der Waals surface area contributed by atoms with Crippen LogP contribution in [0.25, 0.3) is 0 Å². The fraction of sp³-hybridized carbons (Fsp3) is 0.462. The van der Waals surface area contributed by atoms with Crippen molar-refractivity contribution in [2.45, 2.75) is 24.6 Å². The Kier molecular flexibility index (Phi) is 6.01. The Hall–Kier alpha value is -1.20. The van der Waals surface area contributed by atoms with Gasteiger partial charge >= 0.3 is 0 Å². The molecule has 0 saturated heterocycles. The van der Waals surface area contributed by atoms with Crippen molar-refractivity contribution in [1.29, 1.82) is 0 Å². The minimum atomic E-state index is -0.854. The van der Waals surface area contributed by atoms with Gasteiger partial charge in [-0.2, -0.15) is 0 Å². The van der Waals surface area contributed by atoms with E-state index >= 15 is 0 Å². The minimum absolute atomic E-state index is 0.0817. The van der Waals surface area contributed by atoms with Gasteiger partial charge in [-0.3, -0.25) is 9.00 Å². The van der Waals surface area contributed by atoms with E-state index in [9.17, 15) is 9.00 Å². The SMILES string of the molecule is CC(CCNC(=O)[C@H](N)c1ccccc1)S(C)=O. The molecule has 0 fully saturated rings. The monoisotopic (exact) mass is 268 g/mol. The van der Waals surface area contributed by atoms with Crippen LogP contribution in [0.4, 0.5) is 0 Å². The summed E-state index contributed by atoms with van der Waals surface area (Å²) < 4.78 is 11.1. The smallest absolute Gasteiger partial charge is 0.241 e. The van der Waals surface area contributed by atoms with Gasteiger partial charge in [-0.15, -0.1) is 0 Å². The summed E-state index contributed by atoms with van der Waals surface area (Å²) in [6, 6.07) is 8.60. The van der Waals surface area contributed by atoms with E-state index in [0.29, 0.717) is 13.0 Å². The molecule has 3 atom stereocenters. The van der Waals surface area contributed by atoms with Crippen LogP contribution in [0, 0.1) is 0 Å². The lowest BCUT2D eigenvalue weighted by Crippen LogP contribution is -2.35. The van der Waals surface area contributed by atoms with Crippen molar-refractivity contribution in [3.05, 3.63) is 35.9 Å². The van der Waals surface area contributed by atoms with Crippen LogP contribution in [-0.2, 0) is 15.6 Å². The van der Waals surface area contributed by atoms with Gasteiger partial charge in [0, 0.05) is 28.9 Å². The second-order valence-electron chi connectivity index (χ2n) is 4.28. The molecular formula is C13H20N2O2S. The lowest BCUT2D eigenvalue weighted by molar-refractivity contribution is -0.122. The van der Waals surface area contributed by atoms with Crippen molar-refractivity contribution < 1.29 is 9.00 Å². The lowest BCUT2D eigenvalue weighted by atomic mass is 10.1. The molecule has 0 radical (unpaired) electrons. The Morgan fingerprint density at radius 1 is 1.39 bits per heavy atom. The molecule has 2 unspecified atom stereocenters. The van der Waals surface area contributed by atoms with E-state index in [1.165, 1.54) is 0 Å². The normalized spacial score (nSPS) is 15.7. The zero-order valence-electron chi connectivity index (χ0n) is 10.8. The molecule has 0 aromatic heterocycles. The Balaban J connectivity index is 2.40. The molecule has 0 heterocycles. The lowest BCUT2D eigenvalue weighted by Gasteiger charge is -2.13. The first kappa shape index (κ1) is 14.9. The van der Waals surface area contributed by atoms with Gasteiger partial charge in [0.05, 0.1) is 0 Å². The van der Waals surface area contributed by atoms with Gasteiger partial charge in [0.2, 0.25) is 5.91 Å². The molecule has 1 aromatic carbocycles. The number of nitrogens with two attached hydrogens (primary N) is 1. The summed E-state index contributed by atoms with van der Waals surface area (Å²) in [6.45, 7) is 2.40. The molecule has 100 valence electrons. The molecule has 5 heteroatoms. The van der Waals surface area contributed by atoms with Crippen molar-refractivity contribution in [3.8, 4) is 0 Å². The molecule has 0 aliphatic carbocycles. The summed E-state index contributed by atoms with van der Waals surface area (Å²) >= 11 is 0. The fourth-order valence-electron chi connectivity index (χ4n) is 1.49. The third kappa shape index (κ3) is 4.58. The largest absolute Gasteiger partial charge is 0.354 e. The van der Waals surface area contributed by atoms with Crippen LogP contribution in [0.15, 0.2) is 30.3 Å². The predicted molar refractivity (Wildman–Crippen MR) is 74.5 cm³/mol. The summed E-state index contributed by atoms with van der Waals surface area (Å²) in [7, 11) is -0.854. The summed E-state index contributed by atoms with van der Waals surface area (Å²) in [6.07, 6.45) is 2.36. The molecule has 0 saturated carbocycles. The van der Waals surface area contributed by atoms with Crippen LogP contribution in [0.3, 0.4) is 0 Å². The van der Waals surface area contributed by atoms with E-state index in [0.717, 1.165) is 5.56 Å². The molecule has 1 amide bonds. The zero-order valence-corrected chi connectivity index (χ0v) is 11.6. The summed E-state index contributed by atoms with van der Waals surface area (Å²) in [4.78, 5) is 11.8. The van der Waals surface area contributed by atoms with E-state index in [4.69, 9.17) is 5.73 Å². The predicted octanol–water partition coefficient (Wildman–Crippen LogP) is 0.960. The topological polar surface area (TPSA) is 72.2 Å². The first-order chi connectivity index (χ1) is 8.52. The molecule has 0 aliphatic heterocycles. The van der Waals surface area contributed by atoms with Crippen molar-refractivity contribution in [2.24, 2.45) is 5.73 Å². The van der Waals surface area contributed by atoms with Crippen LogP contribution >= 0.6 is 0 Å². The summed E-state index contributed by atoms with van der Waals surface area (Å²) in [5.41, 5.74) is 6.64. The van der Waals surface area contributed by atoms with Gasteiger partial charge in [-0.25, -0.2) is 0 Å². The van der Waals surface area contributed by atoms with E-state index < -0.39 is 16.8 Å². The second kappa shape index (κ2) is 7.28. The Morgan fingerprint density at radius 3 is 2.56 bits per heavy atom. The maximum atomic E-state index is 11.8. The van der Waals surface area contributed by atoms with Crippen molar-refractivity contribution in [3.63, 3.8) is 0 Å². The molecule has 0 spiro atoms. The molecule has 3 N–H and O–H groups in total. The average molecular weight is 268 g/mol. The van der Waals surface area contributed by atoms with Crippen LogP contribution in [0.5, 0.6) is 0 Å². The summed E-state index contributed by atoms with van der Waals surface area (Å²) in [5.74, 6) is -0.199. The highest BCUT2D eigenvalue weighted by molar-refractivity contribution is 7.84. The van der Waals surface area contributed by atoms with Crippen LogP contribution < -0.4 is 11.1 Å². The number of nitrogens with one attached hydrogen (secondary N) is 1. The Labute approximate surface area is 110 Å². The van der Waals surface area contributed by atoms with E-state index in [-0.39, 0.29) is 11.2 Å². The Bertz CT molecular complexity index is 409. The van der Waals surface area contributed by atoms with E-state index in [1.54, 1.807) is 6.26 Å². The molecule has 0 aliphatic rings. The highest BCUT2D eigenvalue weighted by Gasteiger charge is 2.15. The molecule has 18 heavy (non-hydrogen) atoms. The number of hydrogen-bond acceptors (Lipinski definition) is 3. The number of carbonyl (C=O) groups is 1. The maximum absolute atomic E-state index is 11.8. The molecule has 1 rings (SSSR count). The fourth-order valence-corrected chi connectivity index (χ4v) is 1.94. The van der Waals surface area contributed by atoms with Crippen LogP contribution in [0.1, 0.15) is 24.9 Å². The number of hydrogen-bond donors (Lipinski definition) is 2. The highest BCUT2D eigenvalue weighted by atomic mass is 32.2. The third-order valence-electron chi connectivity index (χ3n) is 2.86. The van der Waals surface area contributed by atoms with Crippen LogP contribution in [0.2, 0.25) is 0 Å². The average Bonchev–Trinajstić information content (AvgIpc) is 2.38. The van der Waals surface area contributed by atoms with Gasteiger partial charge in [-0.05, 0) is 12.0 Å². The third-order valence-corrected chi connectivity index (χ3v) is 4.23. The maximum Gasteiger partial charge on any atom is 0.241 e. The van der Waals surface area contributed by atoms with Crippen molar-refractivity contribution in [2.75, 3.05) is 12.8 Å². The van der Waals surface area contributed by atoms with Gasteiger partial charge < -0.3 is 11.1 Å². The quantitative estimate of drug-likeness (QED) is 0.807. The molecule has 1 aromatic rings. The first-order valence-electron chi connectivity index (χ1n) is 5.93. The second-order valence-corrected chi connectivity index (χ2v) is 6.08. The first-order valence-corrected chi connectivity index (χ1v) is 7.55. The number of rotatable bonds is 6. The van der Waals surface area contributed by atoms with Gasteiger partial charge in [-0.1, -0.05) is 37.3 Å². The Morgan fingerprint density at radius 2 is 2.00 bits per heavy atom.